The summed E-state index contributed by atoms with van der Waals surface area (Å²) < 4.78 is 10.7. The first-order valence-electron chi connectivity index (χ1n) is 7.97. The van der Waals surface area contributed by atoms with Crippen molar-refractivity contribution >= 4 is 11.7 Å². The number of nitro benzene ring substituents is 1. The molecule has 0 aliphatic rings. The molecule has 0 bridgehead atoms. The number of nitrogens with zero attached hydrogens (tertiary/aromatic N) is 1. The summed E-state index contributed by atoms with van der Waals surface area (Å²) in [6.07, 6.45) is 9.75. The molecule has 0 fully saturated rings. The molecule has 0 radical (unpaired) electrons. The van der Waals surface area contributed by atoms with Crippen LogP contribution in [0.4, 0.5) is 5.69 Å². The normalized spacial score (nSPS) is 13.5. The summed E-state index contributed by atoms with van der Waals surface area (Å²) in [5, 5.41) is 10.7. The Morgan fingerprint density at radius 3 is 2.56 bits per heavy atom. The van der Waals surface area contributed by atoms with Gasteiger partial charge in [0.15, 0.2) is 0 Å². The molecule has 1 rings (SSSR count). The predicted octanol–water partition coefficient (Wildman–Crippen LogP) is 4.37. The van der Waals surface area contributed by atoms with Crippen molar-refractivity contribution in [2.45, 2.75) is 32.3 Å². The van der Waals surface area contributed by atoms with Crippen molar-refractivity contribution in [2.24, 2.45) is 0 Å². The fourth-order valence-electron chi connectivity index (χ4n) is 1.97. The molecule has 0 unspecified atom stereocenters. The molecule has 1 aromatic carbocycles. The lowest BCUT2D eigenvalue weighted by Gasteiger charge is -2.27. The molecule has 0 saturated heterocycles. The number of esters is 1. The van der Waals surface area contributed by atoms with E-state index in [1.807, 2.05) is 13.0 Å². The van der Waals surface area contributed by atoms with Gasteiger partial charge in [0.05, 0.1) is 11.5 Å². The maximum absolute atomic E-state index is 11.1. The number of ether oxygens (including phenoxy) is 2. The SMILES string of the molecule is C=C[C@@](C)(CC/C=C/C=C/C(=O)OCC)Oc1ccc([N+](=O)[O-])cc1. The van der Waals surface area contributed by atoms with Crippen LogP contribution in [-0.2, 0) is 9.53 Å². The third-order valence-electron chi connectivity index (χ3n) is 3.40. The highest BCUT2D eigenvalue weighted by Crippen LogP contribution is 2.25. The van der Waals surface area contributed by atoms with Gasteiger partial charge in [0, 0.05) is 18.2 Å². The van der Waals surface area contributed by atoms with Gasteiger partial charge < -0.3 is 9.47 Å². The summed E-state index contributed by atoms with van der Waals surface area (Å²) in [6.45, 7) is 7.80. The van der Waals surface area contributed by atoms with Gasteiger partial charge in [-0.1, -0.05) is 24.8 Å². The molecule has 0 N–H and O–H groups in total. The minimum absolute atomic E-state index is 0.0176. The average Bonchev–Trinajstić information content (AvgIpc) is 2.58. The van der Waals surface area contributed by atoms with Gasteiger partial charge in [-0.25, -0.2) is 4.79 Å². The summed E-state index contributed by atoms with van der Waals surface area (Å²) >= 11 is 0. The van der Waals surface area contributed by atoms with Gasteiger partial charge in [-0.05, 0) is 44.9 Å². The number of carbonyl (C=O) groups excluding carboxylic acids is 1. The standard InChI is InChI=1S/C19H23NO5/c1-4-19(3,15-9-7-6-8-10-18(21)24-5-2)25-17-13-11-16(12-14-17)20(22)23/h4,6-8,10-14H,1,5,9,15H2,2-3H3/b7-6+,10-8+/t19-/m0/s1. The van der Waals surface area contributed by atoms with Gasteiger partial charge in [-0.2, -0.15) is 0 Å². The lowest BCUT2D eigenvalue weighted by atomic mass is 9.99. The second-order valence-electron chi connectivity index (χ2n) is 5.45. The molecule has 1 atom stereocenters. The largest absolute Gasteiger partial charge is 0.484 e. The number of carbonyl (C=O) groups is 1. The van der Waals surface area contributed by atoms with E-state index in [0.29, 0.717) is 25.2 Å². The van der Waals surface area contributed by atoms with E-state index >= 15 is 0 Å². The number of rotatable bonds is 10. The first kappa shape index (κ1) is 20.2. The zero-order valence-electron chi connectivity index (χ0n) is 14.5. The van der Waals surface area contributed by atoms with E-state index in [4.69, 9.17) is 9.47 Å². The molecule has 25 heavy (non-hydrogen) atoms. The number of non-ortho nitro benzene ring substituents is 1. The van der Waals surface area contributed by atoms with Crippen LogP contribution in [0.1, 0.15) is 26.7 Å². The summed E-state index contributed by atoms with van der Waals surface area (Å²) in [5.74, 6) is 0.170. The third-order valence-corrected chi connectivity index (χ3v) is 3.40. The van der Waals surface area contributed by atoms with E-state index < -0.39 is 10.5 Å². The Morgan fingerprint density at radius 1 is 1.32 bits per heavy atom. The van der Waals surface area contributed by atoms with E-state index in [2.05, 4.69) is 6.58 Å². The highest BCUT2D eigenvalue weighted by molar-refractivity contribution is 5.82. The number of benzene rings is 1. The second-order valence-corrected chi connectivity index (χ2v) is 5.45. The van der Waals surface area contributed by atoms with Gasteiger partial charge in [-0.15, -0.1) is 0 Å². The molecule has 0 saturated carbocycles. The van der Waals surface area contributed by atoms with Gasteiger partial charge in [0.2, 0.25) is 0 Å². The first-order valence-corrected chi connectivity index (χ1v) is 7.97. The zero-order chi connectivity index (χ0) is 18.7. The summed E-state index contributed by atoms with van der Waals surface area (Å²) in [6, 6.07) is 5.94. The fourth-order valence-corrected chi connectivity index (χ4v) is 1.97. The van der Waals surface area contributed by atoms with E-state index in [9.17, 15) is 14.9 Å². The number of hydrogen-bond donors (Lipinski definition) is 0. The number of nitro groups is 1. The number of allylic oxidation sites excluding steroid dienone is 3. The van der Waals surface area contributed by atoms with E-state index in [1.165, 1.54) is 18.2 Å². The van der Waals surface area contributed by atoms with E-state index in [-0.39, 0.29) is 11.7 Å². The molecular weight excluding hydrogens is 322 g/mol. The van der Waals surface area contributed by atoms with Crippen LogP contribution in [0.2, 0.25) is 0 Å². The number of hydrogen-bond acceptors (Lipinski definition) is 5. The van der Waals surface area contributed by atoms with Crippen LogP contribution in [0.3, 0.4) is 0 Å². The van der Waals surface area contributed by atoms with Crippen molar-refractivity contribution in [3.63, 3.8) is 0 Å². The fraction of sp³-hybridized carbons (Fsp3) is 0.316. The van der Waals surface area contributed by atoms with Crippen molar-refractivity contribution in [3.05, 3.63) is 71.3 Å². The van der Waals surface area contributed by atoms with Crippen LogP contribution in [0, 0.1) is 10.1 Å². The lowest BCUT2D eigenvalue weighted by Crippen LogP contribution is -2.29. The molecule has 0 amide bonds. The Hall–Kier alpha value is -2.89. The molecule has 0 heterocycles. The Labute approximate surface area is 147 Å². The van der Waals surface area contributed by atoms with Crippen molar-refractivity contribution < 1.29 is 19.2 Å². The molecule has 0 aromatic heterocycles. The molecular formula is C19H23NO5. The molecule has 6 nitrogen and oxygen atoms in total. The summed E-state index contributed by atoms with van der Waals surface area (Å²) in [7, 11) is 0. The molecule has 0 aliphatic heterocycles. The average molecular weight is 345 g/mol. The monoisotopic (exact) mass is 345 g/mol. The molecule has 1 aromatic rings. The Morgan fingerprint density at radius 2 is 2.00 bits per heavy atom. The van der Waals surface area contributed by atoms with Crippen molar-refractivity contribution in [1.29, 1.82) is 0 Å². The maximum Gasteiger partial charge on any atom is 0.330 e. The van der Waals surface area contributed by atoms with Crippen molar-refractivity contribution in [2.75, 3.05) is 6.61 Å². The Kier molecular flexibility index (Phi) is 8.12. The molecule has 6 heteroatoms. The predicted molar refractivity (Wildman–Crippen MR) is 96.5 cm³/mol. The van der Waals surface area contributed by atoms with Gasteiger partial charge >= 0.3 is 5.97 Å². The Bertz CT molecular complexity index is 648. The van der Waals surface area contributed by atoms with Crippen LogP contribution in [0.5, 0.6) is 5.75 Å². The highest BCUT2D eigenvalue weighted by Gasteiger charge is 2.21. The molecule has 0 spiro atoms. The van der Waals surface area contributed by atoms with E-state index in [1.54, 1.807) is 37.3 Å². The minimum atomic E-state index is -0.606. The quantitative estimate of drug-likeness (QED) is 0.157. The van der Waals surface area contributed by atoms with Gasteiger partial charge in [-0.3, -0.25) is 10.1 Å². The van der Waals surface area contributed by atoms with Crippen LogP contribution >= 0.6 is 0 Å². The second kappa shape index (κ2) is 10.1. The zero-order valence-corrected chi connectivity index (χ0v) is 14.5. The van der Waals surface area contributed by atoms with Crippen LogP contribution in [0.25, 0.3) is 0 Å². The summed E-state index contributed by atoms with van der Waals surface area (Å²) in [4.78, 5) is 21.3. The topological polar surface area (TPSA) is 78.7 Å². The highest BCUT2D eigenvalue weighted by atomic mass is 16.6. The van der Waals surface area contributed by atoms with Gasteiger partial charge in [0.25, 0.3) is 5.69 Å². The first-order chi connectivity index (χ1) is 11.9. The van der Waals surface area contributed by atoms with Crippen LogP contribution in [-0.4, -0.2) is 23.1 Å². The van der Waals surface area contributed by atoms with Crippen LogP contribution < -0.4 is 4.74 Å². The molecule has 0 aliphatic carbocycles. The van der Waals surface area contributed by atoms with E-state index in [0.717, 1.165) is 0 Å². The van der Waals surface area contributed by atoms with Gasteiger partial charge in [0.1, 0.15) is 11.4 Å². The maximum atomic E-state index is 11.1. The molecule has 134 valence electrons. The summed E-state index contributed by atoms with van der Waals surface area (Å²) in [5.41, 5.74) is -0.588. The van der Waals surface area contributed by atoms with Crippen molar-refractivity contribution in [1.82, 2.24) is 0 Å². The van der Waals surface area contributed by atoms with Crippen molar-refractivity contribution in [3.8, 4) is 5.75 Å². The third kappa shape index (κ3) is 7.48. The van der Waals surface area contributed by atoms with Crippen LogP contribution in [0.15, 0.2) is 61.2 Å². The minimum Gasteiger partial charge on any atom is -0.484 e. The lowest BCUT2D eigenvalue weighted by molar-refractivity contribution is -0.384. The Balaban J connectivity index is 2.54. The smallest absolute Gasteiger partial charge is 0.330 e.